The van der Waals surface area contributed by atoms with Crippen molar-refractivity contribution in [3.8, 4) is 0 Å². The molecule has 2 amide bonds. The molecule has 148 valence electrons. The van der Waals surface area contributed by atoms with Gasteiger partial charge in [-0.1, -0.05) is 32.9 Å². The first kappa shape index (κ1) is 19.8. The van der Waals surface area contributed by atoms with Crippen LogP contribution in [0.25, 0.3) is 0 Å². The van der Waals surface area contributed by atoms with Gasteiger partial charge < -0.3 is 9.80 Å². The van der Waals surface area contributed by atoms with Gasteiger partial charge >= 0.3 is 0 Å². The lowest BCUT2D eigenvalue weighted by atomic mass is 9.90. The molecular weight excluding hydrogens is 345 g/mol. The van der Waals surface area contributed by atoms with Gasteiger partial charge in [0, 0.05) is 49.7 Å². The average Bonchev–Trinajstić information content (AvgIpc) is 2.59. The van der Waals surface area contributed by atoms with Crippen molar-refractivity contribution < 1.29 is 14.0 Å². The Hall–Kier alpha value is -1.95. The van der Waals surface area contributed by atoms with Crippen LogP contribution >= 0.6 is 0 Å². The van der Waals surface area contributed by atoms with Gasteiger partial charge in [-0.05, 0) is 26.0 Å². The zero-order valence-corrected chi connectivity index (χ0v) is 17.0. The summed E-state index contributed by atoms with van der Waals surface area (Å²) in [6.07, 6.45) is 0. The molecule has 1 atom stereocenters. The van der Waals surface area contributed by atoms with E-state index in [2.05, 4.69) is 18.7 Å². The minimum Gasteiger partial charge on any atom is -0.339 e. The van der Waals surface area contributed by atoms with E-state index in [1.807, 2.05) is 25.7 Å². The first-order chi connectivity index (χ1) is 12.5. The van der Waals surface area contributed by atoms with Crippen molar-refractivity contribution in [2.45, 2.75) is 46.2 Å². The Bertz CT molecular complexity index is 741. The molecule has 2 aliphatic rings. The maximum Gasteiger partial charge on any atom is 0.256 e. The molecule has 1 aromatic rings. The summed E-state index contributed by atoms with van der Waals surface area (Å²) in [5.41, 5.74) is -0.532. The molecule has 0 aromatic heterocycles. The molecule has 0 saturated carbocycles. The van der Waals surface area contributed by atoms with E-state index in [1.165, 1.54) is 12.1 Å². The van der Waals surface area contributed by atoms with E-state index < -0.39 is 11.2 Å². The van der Waals surface area contributed by atoms with Crippen LogP contribution in [0.2, 0.25) is 0 Å². The van der Waals surface area contributed by atoms with Gasteiger partial charge in [0.1, 0.15) is 5.82 Å². The highest BCUT2D eigenvalue weighted by Crippen LogP contribution is 2.30. The number of nitrogens with zero attached hydrogens (tertiary/aromatic N) is 3. The first-order valence-electron chi connectivity index (χ1n) is 9.60. The molecule has 3 rings (SSSR count). The number of rotatable bonds is 1. The van der Waals surface area contributed by atoms with Crippen molar-refractivity contribution in [3.05, 3.63) is 35.6 Å². The summed E-state index contributed by atoms with van der Waals surface area (Å²) in [5, 5.41) is 0. The van der Waals surface area contributed by atoms with Crippen LogP contribution in [0.4, 0.5) is 4.39 Å². The monoisotopic (exact) mass is 375 g/mol. The summed E-state index contributed by atoms with van der Waals surface area (Å²) in [6, 6.07) is 6.18. The number of benzene rings is 1. The van der Waals surface area contributed by atoms with Gasteiger partial charge in [-0.25, -0.2) is 4.39 Å². The van der Waals surface area contributed by atoms with E-state index >= 15 is 0 Å². The van der Waals surface area contributed by atoms with Gasteiger partial charge in [0.05, 0.1) is 5.56 Å². The van der Waals surface area contributed by atoms with Gasteiger partial charge in [0.15, 0.2) is 0 Å². The third-order valence-corrected chi connectivity index (χ3v) is 5.59. The van der Waals surface area contributed by atoms with Crippen LogP contribution in [-0.2, 0) is 4.79 Å². The van der Waals surface area contributed by atoms with E-state index in [-0.39, 0.29) is 29.0 Å². The fraction of sp³-hybridized carbons (Fsp3) is 0.619. The van der Waals surface area contributed by atoms with Crippen molar-refractivity contribution in [2.24, 2.45) is 5.41 Å². The summed E-state index contributed by atoms with van der Waals surface area (Å²) < 4.78 is 14.1. The number of piperazine rings is 2. The first-order valence-corrected chi connectivity index (χ1v) is 9.60. The van der Waals surface area contributed by atoms with Crippen molar-refractivity contribution in [1.82, 2.24) is 14.7 Å². The summed E-state index contributed by atoms with van der Waals surface area (Å²) in [7, 11) is 0. The zero-order valence-electron chi connectivity index (χ0n) is 17.0. The quantitative estimate of drug-likeness (QED) is 0.758. The summed E-state index contributed by atoms with van der Waals surface area (Å²) >= 11 is 0. The largest absolute Gasteiger partial charge is 0.339 e. The second-order valence-electron chi connectivity index (χ2n) is 9.33. The number of carbonyl (C=O) groups is 2. The van der Waals surface area contributed by atoms with E-state index in [0.717, 1.165) is 6.54 Å². The van der Waals surface area contributed by atoms with Crippen molar-refractivity contribution in [3.63, 3.8) is 0 Å². The number of hydrogen-bond acceptors (Lipinski definition) is 3. The normalized spacial score (nSPS) is 23.1. The molecule has 27 heavy (non-hydrogen) atoms. The Kier molecular flexibility index (Phi) is 5.06. The Morgan fingerprint density at radius 2 is 1.70 bits per heavy atom. The molecule has 1 unspecified atom stereocenters. The summed E-state index contributed by atoms with van der Waals surface area (Å²) in [6.45, 7) is 13.2. The van der Waals surface area contributed by atoms with Crippen LogP contribution in [0.1, 0.15) is 45.0 Å². The third-order valence-electron chi connectivity index (χ3n) is 5.59. The molecule has 2 saturated heterocycles. The highest BCUT2D eigenvalue weighted by Gasteiger charge is 2.45. The number of amides is 2. The van der Waals surface area contributed by atoms with Gasteiger partial charge in [0.2, 0.25) is 5.91 Å². The lowest BCUT2D eigenvalue weighted by Gasteiger charge is -2.55. The number of fused-ring (bicyclic) bond motifs is 1. The lowest BCUT2D eigenvalue weighted by molar-refractivity contribution is -0.146. The van der Waals surface area contributed by atoms with Gasteiger partial charge in [-0.15, -0.1) is 0 Å². The fourth-order valence-corrected chi connectivity index (χ4v) is 4.30. The molecule has 0 bridgehead atoms. The molecule has 2 fully saturated rings. The Morgan fingerprint density at radius 3 is 2.33 bits per heavy atom. The molecule has 0 N–H and O–H groups in total. The van der Waals surface area contributed by atoms with Crippen LogP contribution in [0.5, 0.6) is 0 Å². The van der Waals surface area contributed by atoms with Crippen molar-refractivity contribution in [2.75, 3.05) is 32.7 Å². The third kappa shape index (κ3) is 3.86. The molecule has 0 spiro atoms. The molecule has 2 aliphatic heterocycles. The zero-order chi connectivity index (χ0) is 20.0. The molecule has 0 aliphatic carbocycles. The second-order valence-corrected chi connectivity index (χ2v) is 9.33. The molecule has 2 heterocycles. The van der Waals surface area contributed by atoms with Crippen LogP contribution in [-0.4, -0.2) is 70.8 Å². The SMILES string of the molecule is CC(C)(C)C(=O)N1CCN2C(CN(C(=O)c3ccccc3F)CC2(C)C)C1. The maximum absolute atomic E-state index is 14.1. The van der Waals surface area contributed by atoms with Gasteiger partial charge in [0.25, 0.3) is 5.91 Å². The Labute approximate surface area is 161 Å². The standard InChI is InChI=1S/C21H30FN3O2/c1-20(2,3)19(27)23-10-11-25-15(12-23)13-24(14-21(25,4)5)18(26)16-8-6-7-9-17(16)22/h6-9,15H,10-14H2,1-5H3. The smallest absolute Gasteiger partial charge is 0.256 e. The molecule has 5 nitrogen and oxygen atoms in total. The lowest BCUT2D eigenvalue weighted by Crippen LogP contribution is -2.71. The van der Waals surface area contributed by atoms with Crippen LogP contribution in [0, 0.1) is 11.2 Å². The predicted molar refractivity (Wildman–Crippen MR) is 103 cm³/mol. The molecule has 1 aromatic carbocycles. The minimum absolute atomic E-state index is 0.0597. The highest BCUT2D eigenvalue weighted by atomic mass is 19.1. The summed E-state index contributed by atoms with van der Waals surface area (Å²) in [4.78, 5) is 31.7. The van der Waals surface area contributed by atoms with E-state index in [1.54, 1.807) is 17.0 Å². The molecule has 6 heteroatoms. The van der Waals surface area contributed by atoms with E-state index in [0.29, 0.717) is 26.2 Å². The summed E-state index contributed by atoms with van der Waals surface area (Å²) in [5.74, 6) is -0.631. The van der Waals surface area contributed by atoms with Crippen LogP contribution in [0.3, 0.4) is 0 Å². The molecule has 0 radical (unpaired) electrons. The van der Waals surface area contributed by atoms with Crippen molar-refractivity contribution in [1.29, 1.82) is 0 Å². The molecular formula is C21H30FN3O2. The number of halogens is 1. The second kappa shape index (κ2) is 6.89. The van der Waals surface area contributed by atoms with Gasteiger partial charge in [-0.3, -0.25) is 14.5 Å². The van der Waals surface area contributed by atoms with Gasteiger partial charge in [-0.2, -0.15) is 0 Å². The average molecular weight is 375 g/mol. The van der Waals surface area contributed by atoms with Crippen LogP contribution < -0.4 is 0 Å². The Balaban J connectivity index is 1.81. The highest BCUT2D eigenvalue weighted by molar-refractivity contribution is 5.94. The fourth-order valence-electron chi connectivity index (χ4n) is 4.30. The van der Waals surface area contributed by atoms with E-state index in [9.17, 15) is 14.0 Å². The minimum atomic E-state index is -0.490. The van der Waals surface area contributed by atoms with Crippen molar-refractivity contribution >= 4 is 11.8 Å². The number of hydrogen-bond donors (Lipinski definition) is 0. The Morgan fingerprint density at radius 1 is 1.07 bits per heavy atom. The van der Waals surface area contributed by atoms with E-state index in [4.69, 9.17) is 0 Å². The maximum atomic E-state index is 14.1. The topological polar surface area (TPSA) is 43.9 Å². The van der Waals surface area contributed by atoms with Crippen LogP contribution in [0.15, 0.2) is 24.3 Å². The number of carbonyl (C=O) groups excluding carboxylic acids is 2. The predicted octanol–water partition coefficient (Wildman–Crippen LogP) is 2.62.